The fraction of sp³-hybridized carbons (Fsp3) is 0.867. The van der Waals surface area contributed by atoms with E-state index in [9.17, 15) is 4.39 Å². The van der Waals surface area contributed by atoms with Crippen molar-refractivity contribution >= 4 is 15.9 Å². The lowest BCUT2D eigenvalue weighted by atomic mass is 9.74. The normalized spacial score (nSPS) is 68.6. The Morgan fingerprint density at radius 1 is 0.941 bits per heavy atom. The summed E-state index contributed by atoms with van der Waals surface area (Å²) in [4.78, 5) is 0. The molecule has 0 unspecified atom stereocenters. The molecule has 6 rings (SSSR count). The Labute approximate surface area is 109 Å². The van der Waals surface area contributed by atoms with Crippen molar-refractivity contribution in [1.29, 1.82) is 0 Å². The largest absolute Gasteiger partial charge is 0.231 e. The van der Waals surface area contributed by atoms with Gasteiger partial charge in [0.25, 0.3) is 0 Å². The second kappa shape index (κ2) is 2.09. The molecule has 2 spiro atoms. The molecular formula is C15H16BrF. The summed E-state index contributed by atoms with van der Waals surface area (Å²) >= 11 is 3.42. The van der Waals surface area contributed by atoms with Crippen LogP contribution in [0.5, 0.6) is 0 Å². The Bertz CT molecular complexity index is 485. The van der Waals surface area contributed by atoms with Crippen molar-refractivity contribution in [2.45, 2.75) is 30.3 Å². The summed E-state index contributed by atoms with van der Waals surface area (Å²) in [6.45, 7) is 0. The third-order valence-corrected chi connectivity index (χ3v) is 8.55. The van der Waals surface area contributed by atoms with Gasteiger partial charge in [-0.15, -0.1) is 0 Å². The Morgan fingerprint density at radius 3 is 2.24 bits per heavy atom. The fourth-order valence-corrected chi connectivity index (χ4v) is 8.04. The van der Waals surface area contributed by atoms with Crippen LogP contribution in [0.2, 0.25) is 0 Å². The van der Waals surface area contributed by atoms with Crippen molar-refractivity contribution in [1.82, 2.24) is 0 Å². The third-order valence-electron chi connectivity index (χ3n) is 7.53. The Hall–Kier alpha value is 0.150. The van der Waals surface area contributed by atoms with E-state index >= 15 is 0 Å². The first-order chi connectivity index (χ1) is 8.13. The second-order valence-corrected chi connectivity index (χ2v) is 8.90. The summed E-state index contributed by atoms with van der Waals surface area (Å²) in [5, 5.41) is 0. The van der Waals surface area contributed by atoms with E-state index in [2.05, 4.69) is 28.1 Å². The van der Waals surface area contributed by atoms with Gasteiger partial charge in [0, 0.05) is 11.8 Å². The highest BCUT2D eigenvalue weighted by atomic mass is 79.9. The van der Waals surface area contributed by atoms with E-state index in [0.717, 1.165) is 17.8 Å². The minimum atomic E-state index is -0.973. The number of halogens is 2. The number of alkyl halides is 2. The lowest BCUT2D eigenvalue weighted by Gasteiger charge is -2.31. The maximum absolute atomic E-state index is 14.6. The minimum absolute atomic E-state index is 0.368. The summed E-state index contributed by atoms with van der Waals surface area (Å²) < 4.78 is 13.6. The minimum Gasteiger partial charge on any atom is -0.231 e. The van der Waals surface area contributed by atoms with Crippen molar-refractivity contribution in [2.24, 2.45) is 46.3 Å². The molecule has 6 aliphatic rings. The Kier molecular flexibility index (Phi) is 1.12. The first-order valence-electron chi connectivity index (χ1n) is 7.19. The number of hydrogen-bond acceptors (Lipinski definition) is 0. The zero-order valence-electron chi connectivity index (χ0n) is 9.70. The quantitative estimate of drug-likeness (QED) is 0.469. The zero-order valence-corrected chi connectivity index (χ0v) is 11.3. The van der Waals surface area contributed by atoms with Crippen molar-refractivity contribution in [2.75, 3.05) is 0 Å². The molecule has 0 nitrogen and oxygen atoms in total. The number of fused-ring (bicyclic) bond motifs is 7. The van der Waals surface area contributed by atoms with Crippen LogP contribution >= 0.6 is 15.9 Å². The van der Waals surface area contributed by atoms with Crippen LogP contribution in [0.3, 0.4) is 0 Å². The molecule has 7 atom stereocenters. The molecule has 2 heteroatoms. The van der Waals surface area contributed by atoms with Crippen molar-refractivity contribution in [3.8, 4) is 0 Å². The molecule has 0 saturated heterocycles. The van der Waals surface area contributed by atoms with Crippen LogP contribution in [-0.4, -0.2) is 4.58 Å². The average molecular weight is 295 g/mol. The molecule has 5 fully saturated rings. The monoisotopic (exact) mass is 294 g/mol. The summed E-state index contributed by atoms with van der Waals surface area (Å²) in [7, 11) is 0. The van der Waals surface area contributed by atoms with Crippen LogP contribution < -0.4 is 0 Å². The standard InChI is InChI=1S/C15H16BrF/c16-15(17)11-9-7-1-2-8(13(7)3-4-13)10(9)14(5-6-14)12(11)15/h1-2,7-12H,3-6H2/t7-,8+,9+,10-,11-,12-,15+/m1/s1. The van der Waals surface area contributed by atoms with Gasteiger partial charge in [0.05, 0.1) is 0 Å². The van der Waals surface area contributed by atoms with E-state index in [-0.39, 0.29) is 0 Å². The summed E-state index contributed by atoms with van der Waals surface area (Å²) in [6, 6.07) is 0. The topological polar surface area (TPSA) is 0 Å². The van der Waals surface area contributed by atoms with Crippen molar-refractivity contribution in [3.63, 3.8) is 0 Å². The molecule has 0 aromatic heterocycles. The molecule has 17 heavy (non-hydrogen) atoms. The van der Waals surface area contributed by atoms with Crippen LogP contribution in [0.1, 0.15) is 25.7 Å². The molecule has 5 saturated carbocycles. The van der Waals surface area contributed by atoms with Gasteiger partial charge in [-0.25, -0.2) is 4.39 Å². The summed E-state index contributed by atoms with van der Waals surface area (Å²) in [5.74, 6) is 3.91. The fourth-order valence-electron chi connectivity index (χ4n) is 6.86. The van der Waals surface area contributed by atoms with Crippen molar-refractivity contribution in [3.05, 3.63) is 12.2 Å². The summed E-state index contributed by atoms with van der Waals surface area (Å²) in [5.41, 5.74) is 1.08. The number of rotatable bonds is 0. The molecule has 0 amide bonds. The van der Waals surface area contributed by atoms with E-state index in [1.807, 2.05) is 0 Å². The van der Waals surface area contributed by atoms with Gasteiger partial charge in [0.15, 0.2) is 4.58 Å². The molecular weight excluding hydrogens is 279 g/mol. The zero-order chi connectivity index (χ0) is 11.2. The lowest BCUT2D eigenvalue weighted by Crippen LogP contribution is -2.29. The second-order valence-electron chi connectivity index (χ2n) is 7.68. The van der Waals surface area contributed by atoms with E-state index in [1.165, 1.54) is 25.7 Å². The van der Waals surface area contributed by atoms with Crippen LogP contribution in [0, 0.1) is 46.3 Å². The van der Waals surface area contributed by atoms with E-state index < -0.39 is 4.58 Å². The maximum atomic E-state index is 14.6. The smallest absolute Gasteiger partial charge is 0.172 e. The van der Waals surface area contributed by atoms with Gasteiger partial charge in [-0.05, 0) is 76.1 Å². The third kappa shape index (κ3) is 0.676. The van der Waals surface area contributed by atoms with Gasteiger partial charge in [-0.2, -0.15) is 0 Å². The molecule has 0 N–H and O–H groups in total. The van der Waals surface area contributed by atoms with Gasteiger partial charge in [0.2, 0.25) is 0 Å². The highest BCUT2D eigenvalue weighted by Gasteiger charge is 2.90. The molecule has 0 aromatic rings. The molecule has 0 heterocycles. The van der Waals surface area contributed by atoms with E-state index in [0.29, 0.717) is 28.6 Å². The van der Waals surface area contributed by atoms with Crippen LogP contribution in [0.4, 0.5) is 4.39 Å². The van der Waals surface area contributed by atoms with Gasteiger partial charge in [0.1, 0.15) is 0 Å². The molecule has 0 aromatic carbocycles. The molecule has 2 bridgehead atoms. The van der Waals surface area contributed by atoms with Gasteiger partial charge in [-0.1, -0.05) is 12.2 Å². The van der Waals surface area contributed by atoms with Crippen LogP contribution in [0.15, 0.2) is 12.2 Å². The molecule has 6 aliphatic carbocycles. The number of allylic oxidation sites excluding steroid dienone is 2. The van der Waals surface area contributed by atoms with Gasteiger partial charge >= 0.3 is 0 Å². The Morgan fingerprint density at radius 2 is 1.59 bits per heavy atom. The first kappa shape index (κ1) is 9.12. The van der Waals surface area contributed by atoms with Crippen LogP contribution in [0.25, 0.3) is 0 Å². The van der Waals surface area contributed by atoms with Crippen molar-refractivity contribution < 1.29 is 4.39 Å². The SMILES string of the molecule is F[C@@]1(Br)[C@@H]2[C@@H]3[C@@H]([C@@H]4C=C[C@H]3C43CC3)C3(CC3)[C@@H]21. The van der Waals surface area contributed by atoms with Gasteiger partial charge < -0.3 is 0 Å². The lowest BCUT2D eigenvalue weighted by molar-refractivity contribution is 0.165. The molecule has 0 aliphatic heterocycles. The molecule has 0 radical (unpaired) electrons. The summed E-state index contributed by atoms with van der Waals surface area (Å²) in [6.07, 6.45) is 10.5. The highest BCUT2D eigenvalue weighted by molar-refractivity contribution is 9.10. The van der Waals surface area contributed by atoms with E-state index in [4.69, 9.17) is 0 Å². The van der Waals surface area contributed by atoms with Crippen LogP contribution in [-0.2, 0) is 0 Å². The predicted molar refractivity (Wildman–Crippen MR) is 66.2 cm³/mol. The predicted octanol–water partition coefficient (Wildman–Crippen LogP) is 3.92. The average Bonchev–Trinajstić information content (AvgIpc) is 3.13. The number of hydrogen-bond donors (Lipinski definition) is 0. The molecule has 90 valence electrons. The highest BCUT2D eigenvalue weighted by Crippen LogP contribution is 2.92. The van der Waals surface area contributed by atoms with Gasteiger partial charge in [-0.3, -0.25) is 0 Å². The van der Waals surface area contributed by atoms with E-state index in [1.54, 1.807) is 0 Å². The maximum Gasteiger partial charge on any atom is 0.172 e. The Balaban J connectivity index is 1.57. The first-order valence-corrected chi connectivity index (χ1v) is 7.98.